The predicted molar refractivity (Wildman–Crippen MR) is 51.5 cm³/mol. The largest absolute Gasteiger partial charge is 0.479 e. The Bertz CT molecular complexity index is 384. The lowest BCUT2D eigenvalue weighted by atomic mass is 10.1. The van der Waals surface area contributed by atoms with Gasteiger partial charge in [-0.3, -0.25) is 0 Å². The van der Waals surface area contributed by atoms with Gasteiger partial charge in [0.25, 0.3) is 0 Å². The van der Waals surface area contributed by atoms with E-state index in [2.05, 4.69) is 0 Å². The van der Waals surface area contributed by atoms with Crippen molar-refractivity contribution in [3.63, 3.8) is 0 Å². The number of hydrogen-bond acceptors (Lipinski definition) is 3. The Kier molecular flexibility index (Phi) is 3.76. The topological polar surface area (TPSA) is 83.7 Å². The smallest absolute Gasteiger partial charge is 0.336 e. The van der Waals surface area contributed by atoms with Crippen molar-refractivity contribution in [3.8, 4) is 0 Å². The SMILES string of the molecule is O=C(O)[C@H](Cc1ccccc1)N(F)[N+](=O)[O-]. The summed E-state index contributed by atoms with van der Waals surface area (Å²) in [4.78, 5) is 20.8. The van der Waals surface area contributed by atoms with Crippen LogP contribution in [0.5, 0.6) is 0 Å². The lowest BCUT2D eigenvalue weighted by Crippen LogP contribution is -2.40. The third-order valence-electron chi connectivity index (χ3n) is 1.97. The Labute approximate surface area is 90.0 Å². The van der Waals surface area contributed by atoms with E-state index >= 15 is 0 Å². The molecule has 0 saturated carbocycles. The van der Waals surface area contributed by atoms with Crippen molar-refractivity contribution in [1.82, 2.24) is 5.23 Å². The molecular weight excluding hydrogens is 219 g/mol. The van der Waals surface area contributed by atoms with Crippen LogP contribution in [0.2, 0.25) is 0 Å². The molecule has 1 rings (SSSR count). The van der Waals surface area contributed by atoms with Crippen LogP contribution in [-0.4, -0.2) is 27.4 Å². The Balaban J connectivity index is 2.81. The zero-order valence-electron chi connectivity index (χ0n) is 8.12. The quantitative estimate of drug-likeness (QED) is 0.462. The van der Waals surface area contributed by atoms with Crippen LogP contribution in [0.15, 0.2) is 30.3 Å². The van der Waals surface area contributed by atoms with E-state index < -0.39 is 22.3 Å². The third-order valence-corrected chi connectivity index (χ3v) is 1.97. The molecule has 0 aliphatic carbocycles. The van der Waals surface area contributed by atoms with E-state index in [4.69, 9.17) is 5.11 Å². The standard InChI is InChI=1S/C9H9FN2O4/c10-11(12(15)16)8(9(13)14)6-7-4-2-1-3-5-7/h1-5,8H,6H2,(H,13,14)/t8-/m0/s1. The molecule has 1 aromatic rings. The third kappa shape index (κ3) is 2.91. The van der Waals surface area contributed by atoms with Crippen LogP contribution in [0.25, 0.3) is 0 Å². The van der Waals surface area contributed by atoms with Gasteiger partial charge in [0, 0.05) is 6.42 Å². The van der Waals surface area contributed by atoms with E-state index in [9.17, 15) is 19.4 Å². The van der Waals surface area contributed by atoms with Gasteiger partial charge in [0.05, 0.1) is 5.23 Å². The first kappa shape index (κ1) is 11.9. The molecule has 0 aliphatic heterocycles. The molecular formula is C9H9FN2O4. The van der Waals surface area contributed by atoms with Crippen molar-refractivity contribution in [2.75, 3.05) is 0 Å². The number of rotatable bonds is 5. The van der Waals surface area contributed by atoms with E-state index in [-0.39, 0.29) is 6.42 Å². The van der Waals surface area contributed by atoms with Crippen molar-refractivity contribution < 1.29 is 19.4 Å². The van der Waals surface area contributed by atoms with Crippen LogP contribution in [0.3, 0.4) is 0 Å². The van der Waals surface area contributed by atoms with Gasteiger partial charge < -0.3 is 5.11 Å². The summed E-state index contributed by atoms with van der Waals surface area (Å²) >= 11 is 0. The molecule has 16 heavy (non-hydrogen) atoms. The van der Waals surface area contributed by atoms with Gasteiger partial charge in [-0.15, -0.1) is 0 Å². The van der Waals surface area contributed by atoms with Crippen LogP contribution in [0, 0.1) is 10.1 Å². The first-order valence-electron chi connectivity index (χ1n) is 4.38. The van der Waals surface area contributed by atoms with Gasteiger partial charge in [-0.05, 0) is 10.0 Å². The average Bonchev–Trinajstić information content (AvgIpc) is 2.26. The minimum Gasteiger partial charge on any atom is -0.479 e. The summed E-state index contributed by atoms with van der Waals surface area (Å²) in [6.45, 7) is 0. The van der Waals surface area contributed by atoms with Crippen LogP contribution < -0.4 is 0 Å². The molecule has 0 amide bonds. The summed E-state index contributed by atoms with van der Waals surface area (Å²) in [5, 5.41) is 16.5. The van der Waals surface area contributed by atoms with E-state index in [1.165, 1.54) is 0 Å². The van der Waals surface area contributed by atoms with Crippen molar-refractivity contribution >= 4 is 5.97 Å². The van der Waals surface area contributed by atoms with Gasteiger partial charge >= 0.3 is 5.97 Å². The number of nitro groups is 1. The van der Waals surface area contributed by atoms with Gasteiger partial charge in [0.1, 0.15) is 0 Å². The summed E-state index contributed by atoms with van der Waals surface area (Å²) in [5.41, 5.74) is 0.513. The van der Waals surface area contributed by atoms with Crippen LogP contribution in [-0.2, 0) is 11.2 Å². The normalized spacial score (nSPS) is 11.8. The highest BCUT2D eigenvalue weighted by atomic mass is 19.2. The fraction of sp³-hybridized carbons (Fsp3) is 0.222. The summed E-state index contributed by atoms with van der Waals surface area (Å²) in [5.74, 6) is -1.58. The molecule has 0 aliphatic rings. The zero-order chi connectivity index (χ0) is 12.1. The number of carbonyl (C=O) groups is 1. The summed E-state index contributed by atoms with van der Waals surface area (Å²) in [7, 11) is 0. The van der Waals surface area contributed by atoms with Crippen LogP contribution in [0.4, 0.5) is 4.48 Å². The average molecular weight is 228 g/mol. The first-order chi connectivity index (χ1) is 7.52. The van der Waals surface area contributed by atoms with E-state index in [1.54, 1.807) is 30.3 Å². The number of carboxylic acid groups (broad SMARTS) is 1. The summed E-state index contributed by atoms with van der Waals surface area (Å²) in [6.07, 6.45) is -0.270. The Hall–Kier alpha value is -2.18. The highest BCUT2D eigenvalue weighted by molar-refractivity contribution is 5.73. The van der Waals surface area contributed by atoms with Crippen molar-refractivity contribution in [2.24, 2.45) is 0 Å². The maximum absolute atomic E-state index is 12.9. The molecule has 1 N–H and O–H groups in total. The Morgan fingerprint density at radius 3 is 2.50 bits per heavy atom. The minimum absolute atomic E-state index is 0.270. The lowest BCUT2D eigenvalue weighted by molar-refractivity contribution is -0.711. The molecule has 1 aromatic carbocycles. The molecule has 6 nitrogen and oxygen atoms in total. The first-order valence-corrected chi connectivity index (χ1v) is 4.38. The maximum atomic E-state index is 12.9. The summed E-state index contributed by atoms with van der Waals surface area (Å²) in [6, 6.07) is 6.32. The van der Waals surface area contributed by atoms with Gasteiger partial charge in [0.2, 0.25) is 6.04 Å². The van der Waals surface area contributed by atoms with Crippen molar-refractivity contribution in [3.05, 3.63) is 46.0 Å². The van der Waals surface area contributed by atoms with Crippen LogP contribution >= 0.6 is 0 Å². The number of benzene rings is 1. The van der Waals surface area contributed by atoms with Gasteiger partial charge in [-0.25, -0.2) is 14.9 Å². The molecule has 1 atom stereocenters. The molecule has 0 spiro atoms. The second-order valence-corrected chi connectivity index (χ2v) is 3.07. The molecule has 86 valence electrons. The van der Waals surface area contributed by atoms with Gasteiger partial charge in [-0.2, -0.15) is 0 Å². The number of hydrazine groups is 1. The highest BCUT2D eigenvalue weighted by Gasteiger charge is 2.34. The molecule has 0 saturated heterocycles. The minimum atomic E-state index is -1.82. The molecule has 0 heterocycles. The number of nitrogens with zero attached hydrogens (tertiary/aromatic N) is 2. The molecule has 0 radical (unpaired) electrons. The fourth-order valence-electron chi connectivity index (χ4n) is 1.20. The lowest BCUT2D eigenvalue weighted by Gasteiger charge is -2.12. The van der Waals surface area contributed by atoms with E-state index in [0.717, 1.165) is 0 Å². The monoisotopic (exact) mass is 228 g/mol. The molecule has 0 unspecified atom stereocenters. The Morgan fingerprint density at radius 1 is 1.50 bits per heavy atom. The fourth-order valence-corrected chi connectivity index (χ4v) is 1.20. The second-order valence-electron chi connectivity index (χ2n) is 3.07. The zero-order valence-corrected chi connectivity index (χ0v) is 8.12. The second kappa shape index (κ2) is 5.06. The van der Waals surface area contributed by atoms with Gasteiger partial charge in [-0.1, -0.05) is 30.3 Å². The van der Waals surface area contributed by atoms with Crippen LogP contribution in [0.1, 0.15) is 5.56 Å². The molecule has 0 fully saturated rings. The number of carboxylic acids is 1. The van der Waals surface area contributed by atoms with Gasteiger partial charge in [0.15, 0.2) is 5.03 Å². The summed E-state index contributed by atoms with van der Waals surface area (Å²) < 4.78 is 12.9. The number of hydrogen-bond donors (Lipinski definition) is 1. The molecule has 0 bridgehead atoms. The van der Waals surface area contributed by atoms with Crippen molar-refractivity contribution in [1.29, 1.82) is 0 Å². The maximum Gasteiger partial charge on any atom is 0.336 e. The van der Waals surface area contributed by atoms with Crippen molar-refractivity contribution in [2.45, 2.75) is 12.5 Å². The Morgan fingerprint density at radius 2 is 2.06 bits per heavy atom. The number of aliphatic carboxylic acids is 1. The van der Waals surface area contributed by atoms with E-state index in [0.29, 0.717) is 5.56 Å². The molecule has 7 heteroatoms. The highest BCUT2D eigenvalue weighted by Crippen LogP contribution is 2.10. The molecule has 0 aromatic heterocycles. The predicted octanol–water partition coefficient (Wildman–Crippen LogP) is 1.06. The number of halogens is 1. The van der Waals surface area contributed by atoms with E-state index in [1.807, 2.05) is 0 Å².